The molecule has 1 atom stereocenters. The van der Waals surface area contributed by atoms with Crippen LogP contribution < -0.4 is 0 Å². The number of carbonyl (C=O) groups is 1. The summed E-state index contributed by atoms with van der Waals surface area (Å²) in [7, 11) is 0. The van der Waals surface area contributed by atoms with E-state index in [1.165, 1.54) is 11.1 Å². The van der Waals surface area contributed by atoms with E-state index in [1.807, 2.05) is 6.07 Å². The SMILES string of the molecule is Cc1ccc(C2CN(Cc3ccccc3)CCC2=O)cc1. The average molecular weight is 279 g/mol. The third-order valence-electron chi connectivity index (χ3n) is 4.23. The molecule has 1 saturated heterocycles. The smallest absolute Gasteiger partial charge is 0.142 e. The lowest BCUT2D eigenvalue weighted by Crippen LogP contribution is -2.39. The lowest BCUT2D eigenvalue weighted by Gasteiger charge is -2.32. The van der Waals surface area contributed by atoms with Crippen LogP contribution in [0.5, 0.6) is 0 Å². The minimum Gasteiger partial charge on any atom is -0.299 e. The third kappa shape index (κ3) is 3.40. The zero-order valence-corrected chi connectivity index (χ0v) is 12.5. The Hall–Kier alpha value is -1.93. The van der Waals surface area contributed by atoms with Crippen molar-refractivity contribution in [1.29, 1.82) is 0 Å². The summed E-state index contributed by atoms with van der Waals surface area (Å²) in [4.78, 5) is 14.6. The summed E-state index contributed by atoms with van der Waals surface area (Å²) >= 11 is 0. The number of benzene rings is 2. The van der Waals surface area contributed by atoms with E-state index >= 15 is 0 Å². The van der Waals surface area contributed by atoms with E-state index in [0.717, 1.165) is 25.2 Å². The summed E-state index contributed by atoms with van der Waals surface area (Å²) in [5.41, 5.74) is 3.71. The van der Waals surface area contributed by atoms with E-state index in [9.17, 15) is 4.79 Å². The molecule has 0 aromatic heterocycles. The highest BCUT2D eigenvalue weighted by atomic mass is 16.1. The van der Waals surface area contributed by atoms with Gasteiger partial charge in [-0.2, -0.15) is 0 Å². The molecule has 0 radical (unpaired) electrons. The molecule has 108 valence electrons. The Morgan fingerprint density at radius 1 is 1.05 bits per heavy atom. The topological polar surface area (TPSA) is 20.3 Å². The van der Waals surface area contributed by atoms with Gasteiger partial charge >= 0.3 is 0 Å². The van der Waals surface area contributed by atoms with Gasteiger partial charge in [-0.15, -0.1) is 0 Å². The molecular formula is C19H21NO. The fourth-order valence-corrected chi connectivity index (χ4v) is 2.97. The first-order chi connectivity index (χ1) is 10.2. The summed E-state index contributed by atoms with van der Waals surface area (Å²) < 4.78 is 0. The van der Waals surface area contributed by atoms with E-state index in [0.29, 0.717) is 12.2 Å². The summed E-state index contributed by atoms with van der Waals surface area (Å²) in [6, 6.07) is 18.9. The molecule has 1 heterocycles. The van der Waals surface area contributed by atoms with Crippen molar-refractivity contribution >= 4 is 5.78 Å². The minimum absolute atomic E-state index is 0.0306. The van der Waals surface area contributed by atoms with E-state index in [1.54, 1.807) is 0 Å². The fraction of sp³-hybridized carbons (Fsp3) is 0.316. The lowest BCUT2D eigenvalue weighted by atomic mass is 9.89. The van der Waals surface area contributed by atoms with Gasteiger partial charge < -0.3 is 0 Å². The highest BCUT2D eigenvalue weighted by molar-refractivity contribution is 5.86. The zero-order valence-electron chi connectivity index (χ0n) is 12.5. The number of nitrogens with zero attached hydrogens (tertiary/aromatic N) is 1. The number of hydrogen-bond donors (Lipinski definition) is 0. The van der Waals surface area contributed by atoms with Crippen molar-refractivity contribution in [2.45, 2.75) is 25.8 Å². The van der Waals surface area contributed by atoms with Crippen molar-refractivity contribution in [2.24, 2.45) is 0 Å². The number of piperidine rings is 1. The maximum absolute atomic E-state index is 12.3. The number of hydrogen-bond acceptors (Lipinski definition) is 2. The third-order valence-corrected chi connectivity index (χ3v) is 4.23. The standard InChI is InChI=1S/C19H21NO/c1-15-7-9-17(10-8-15)18-14-20(12-11-19(18)21)13-16-5-3-2-4-6-16/h2-10,18H,11-14H2,1H3. The van der Waals surface area contributed by atoms with E-state index in [-0.39, 0.29) is 5.92 Å². The summed E-state index contributed by atoms with van der Waals surface area (Å²) in [5.74, 6) is 0.409. The number of likely N-dealkylation sites (tertiary alicyclic amines) is 1. The molecule has 0 bridgehead atoms. The van der Waals surface area contributed by atoms with E-state index in [2.05, 4.69) is 60.4 Å². The van der Waals surface area contributed by atoms with Crippen LogP contribution in [0, 0.1) is 6.92 Å². The van der Waals surface area contributed by atoms with Gasteiger partial charge in [-0.1, -0.05) is 60.2 Å². The van der Waals surface area contributed by atoms with Gasteiger partial charge in [-0.25, -0.2) is 0 Å². The molecule has 3 rings (SSSR count). The monoisotopic (exact) mass is 279 g/mol. The summed E-state index contributed by atoms with van der Waals surface area (Å²) in [6.07, 6.45) is 0.658. The first kappa shape index (κ1) is 14.0. The Labute approximate surface area is 126 Å². The Morgan fingerprint density at radius 2 is 1.76 bits per heavy atom. The van der Waals surface area contributed by atoms with E-state index < -0.39 is 0 Å². The van der Waals surface area contributed by atoms with Crippen molar-refractivity contribution in [1.82, 2.24) is 4.90 Å². The molecule has 1 aliphatic heterocycles. The van der Waals surface area contributed by atoms with Gasteiger partial charge in [0.25, 0.3) is 0 Å². The molecular weight excluding hydrogens is 258 g/mol. The van der Waals surface area contributed by atoms with E-state index in [4.69, 9.17) is 0 Å². The van der Waals surface area contributed by atoms with Crippen LogP contribution in [0.25, 0.3) is 0 Å². The van der Waals surface area contributed by atoms with Gasteiger partial charge in [-0.3, -0.25) is 9.69 Å². The molecule has 2 aromatic carbocycles. The number of carbonyl (C=O) groups excluding carboxylic acids is 1. The van der Waals surface area contributed by atoms with Crippen LogP contribution >= 0.6 is 0 Å². The number of rotatable bonds is 3. The van der Waals surface area contributed by atoms with Crippen LogP contribution in [0.4, 0.5) is 0 Å². The minimum atomic E-state index is 0.0306. The average Bonchev–Trinajstić information content (AvgIpc) is 2.51. The largest absolute Gasteiger partial charge is 0.299 e. The van der Waals surface area contributed by atoms with Gasteiger partial charge in [0.1, 0.15) is 5.78 Å². The normalized spacial score (nSPS) is 19.7. The van der Waals surface area contributed by atoms with Gasteiger partial charge in [0.05, 0.1) is 5.92 Å². The van der Waals surface area contributed by atoms with Gasteiger partial charge in [0.15, 0.2) is 0 Å². The Bertz CT molecular complexity index is 603. The highest BCUT2D eigenvalue weighted by Gasteiger charge is 2.28. The number of aryl methyl sites for hydroxylation is 1. The molecule has 1 unspecified atom stereocenters. The first-order valence-electron chi connectivity index (χ1n) is 7.58. The molecule has 21 heavy (non-hydrogen) atoms. The predicted molar refractivity (Wildman–Crippen MR) is 85.3 cm³/mol. The molecule has 0 N–H and O–H groups in total. The van der Waals surface area contributed by atoms with Crippen LogP contribution in [-0.2, 0) is 11.3 Å². The maximum Gasteiger partial charge on any atom is 0.142 e. The second-order valence-corrected chi connectivity index (χ2v) is 5.90. The van der Waals surface area contributed by atoms with Crippen LogP contribution in [0.2, 0.25) is 0 Å². The molecule has 0 amide bonds. The molecule has 2 heteroatoms. The van der Waals surface area contributed by atoms with Crippen LogP contribution in [0.1, 0.15) is 29.0 Å². The molecule has 2 nitrogen and oxygen atoms in total. The van der Waals surface area contributed by atoms with Crippen molar-refractivity contribution in [3.63, 3.8) is 0 Å². The molecule has 0 spiro atoms. The van der Waals surface area contributed by atoms with Crippen molar-refractivity contribution in [3.8, 4) is 0 Å². The fourth-order valence-electron chi connectivity index (χ4n) is 2.97. The summed E-state index contributed by atoms with van der Waals surface area (Å²) in [6.45, 7) is 4.71. The number of ketones is 1. The van der Waals surface area contributed by atoms with Gasteiger partial charge in [-0.05, 0) is 18.1 Å². The Balaban J connectivity index is 1.72. The van der Waals surface area contributed by atoms with Gasteiger partial charge in [0.2, 0.25) is 0 Å². The molecule has 1 fully saturated rings. The lowest BCUT2D eigenvalue weighted by molar-refractivity contribution is -0.123. The van der Waals surface area contributed by atoms with Crippen molar-refractivity contribution < 1.29 is 4.79 Å². The summed E-state index contributed by atoms with van der Waals surface area (Å²) in [5, 5.41) is 0. The number of Topliss-reactive ketones (excluding diaryl/α,β-unsaturated/α-hetero) is 1. The Morgan fingerprint density at radius 3 is 2.48 bits per heavy atom. The molecule has 0 aliphatic carbocycles. The molecule has 1 aliphatic rings. The van der Waals surface area contributed by atoms with Crippen LogP contribution in [-0.4, -0.2) is 23.8 Å². The first-order valence-corrected chi connectivity index (χ1v) is 7.58. The molecule has 0 saturated carbocycles. The van der Waals surface area contributed by atoms with Crippen LogP contribution in [0.15, 0.2) is 54.6 Å². The van der Waals surface area contributed by atoms with Crippen molar-refractivity contribution in [2.75, 3.05) is 13.1 Å². The second kappa shape index (κ2) is 6.23. The quantitative estimate of drug-likeness (QED) is 0.856. The van der Waals surface area contributed by atoms with Crippen LogP contribution in [0.3, 0.4) is 0 Å². The molecule has 2 aromatic rings. The maximum atomic E-state index is 12.3. The zero-order chi connectivity index (χ0) is 14.7. The Kier molecular flexibility index (Phi) is 4.16. The highest BCUT2D eigenvalue weighted by Crippen LogP contribution is 2.25. The van der Waals surface area contributed by atoms with Crippen molar-refractivity contribution in [3.05, 3.63) is 71.3 Å². The van der Waals surface area contributed by atoms with Gasteiger partial charge in [0, 0.05) is 26.1 Å². The second-order valence-electron chi connectivity index (χ2n) is 5.90. The predicted octanol–water partition coefficient (Wildman–Crippen LogP) is 3.55.